The van der Waals surface area contributed by atoms with E-state index in [0.717, 1.165) is 11.4 Å². The predicted octanol–water partition coefficient (Wildman–Crippen LogP) is 3.29. The maximum absolute atomic E-state index is 11.7. The molecule has 0 spiro atoms. The van der Waals surface area contributed by atoms with Crippen LogP contribution < -0.4 is 9.42 Å². The molecule has 0 fully saturated rings. The van der Waals surface area contributed by atoms with Gasteiger partial charge in [-0.05, 0) is 29.6 Å². The highest BCUT2D eigenvalue weighted by molar-refractivity contribution is 7.55. The van der Waals surface area contributed by atoms with Gasteiger partial charge in [0.1, 0.15) is 5.75 Å². The molecule has 0 aliphatic rings. The molecule has 0 N–H and O–H groups in total. The maximum atomic E-state index is 11.7. The summed E-state index contributed by atoms with van der Waals surface area (Å²) < 4.78 is 16.6. The van der Waals surface area contributed by atoms with Crippen molar-refractivity contribution in [3.8, 4) is 5.75 Å². The van der Waals surface area contributed by atoms with Crippen LogP contribution in [0.2, 0.25) is 0 Å². The zero-order valence-corrected chi connectivity index (χ0v) is 10.5. The van der Waals surface area contributed by atoms with Crippen molar-refractivity contribution in [3.05, 3.63) is 72.0 Å². The molecule has 0 radical (unpaired) electrons. The van der Waals surface area contributed by atoms with E-state index in [2.05, 4.69) is 0 Å². The summed E-state index contributed by atoms with van der Waals surface area (Å²) in [7, 11) is -4.01. The summed E-state index contributed by atoms with van der Waals surface area (Å²) in [6, 6.07) is 17.6. The smallest absolute Gasteiger partial charge is 0.207 e. The summed E-state index contributed by atoms with van der Waals surface area (Å²) in [6.07, 6.45) is 1.51. The van der Waals surface area contributed by atoms with E-state index >= 15 is 0 Å². The third-order valence-corrected chi connectivity index (χ3v) is 3.20. The summed E-state index contributed by atoms with van der Waals surface area (Å²) in [5, 5.41) is 0. The second-order valence-corrected chi connectivity index (χ2v) is 5.23. The van der Waals surface area contributed by atoms with Crippen molar-refractivity contribution in [3.63, 3.8) is 0 Å². The highest BCUT2D eigenvalue weighted by Gasteiger charge is 2.04. The van der Waals surface area contributed by atoms with E-state index in [-0.39, 0.29) is 0 Å². The fourth-order valence-electron chi connectivity index (χ4n) is 1.40. The van der Waals surface area contributed by atoms with Crippen molar-refractivity contribution in [2.24, 2.45) is 0 Å². The highest BCUT2D eigenvalue weighted by atomic mass is 31.2. The van der Waals surface area contributed by atoms with Crippen molar-refractivity contribution < 1.29 is 14.0 Å². The third kappa shape index (κ3) is 3.88. The van der Waals surface area contributed by atoms with Gasteiger partial charge in [-0.15, -0.1) is 0 Å². The fourth-order valence-corrected chi connectivity index (χ4v) is 2.23. The zero-order chi connectivity index (χ0) is 12.8. The average molecular weight is 259 g/mol. The Labute approximate surface area is 106 Å². The summed E-state index contributed by atoms with van der Waals surface area (Å²) in [6.45, 7) is 0. The average Bonchev–Trinajstić information content (AvgIpc) is 2.38. The minimum Gasteiger partial charge on any atom is -0.766 e. The predicted molar refractivity (Wildman–Crippen MR) is 70.2 cm³/mol. The molecule has 0 aromatic heterocycles. The van der Waals surface area contributed by atoms with Crippen LogP contribution in [-0.4, -0.2) is 0 Å². The molecule has 92 valence electrons. The van der Waals surface area contributed by atoms with E-state index in [0.29, 0.717) is 5.75 Å². The van der Waals surface area contributed by atoms with E-state index in [1.807, 2.05) is 30.3 Å². The van der Waals surface area contributed by atoms with E-state index in [4.69, 9.17) is 4.52 Å². The fraction of sp³-hybridized carbons (Fsp3) is 0. The summed E-state index contributed by atoms with van der Waals surface area (Å²) in [5.74, 6) is 1.39. The molecular formula is C14H12O3P-. The lowest BCUT2D eigenvalue weighted by molar-refractivity contribution is -0.187. The van der Waals surface area contributed by atoms with Crippen molar-refractivity contribution in [1.82, 2.24) is 0 Å². The SMILES string of the molecule is O=P([O-])(/C=C/c1ccccc1)Oc1ccccc1. The van der Waals surface area contributed by atoms with Crippen LogP contribution in [-0.2, 0) is 4.57 Å². The number of para-hydroxylation sites is 1. The summed E-state index contributed by atoms with van der Waals surface area (Å²) >= 11 is 0. The standard InChI is InChI=1S/C14H13O3P/c15-18(16,17-14-9-5-2-6-10-14)12-11-13-7-3-1-4-8-13/h1-12H,(H,15,16)/p-1/b12-11+. The molecule has 0 heterocycles. The lowest BCUT2D eigenvalue weighted by Crippen LogP contribution is -2.04. The Hall–Kier alpha value is -1.83. The van der Waals surface area contributed by atoms with Crippen LogP contribution in [0, 0.1) is 0 Å². The Kier molecular flexibility index (Phi) is 3.98. The molecule has 0 bridgehead atoms. The summed E-state index contributed by atoms with van der Waals surface area (Å²) in [5.41, 5.74) is 0.810. The van der Waals surface area contributed by atoms with Gasteiger partial charge in [-0.1, -0.05) is 48.5 Å². The van der Waals surface area contributed by atoms with Crippen LogP contribution in [0.5, 0.6) is 5.75 Å². The van der Waals surface area contributed by atoms with Gasteiger partial charge in [0.2, 0.25) is 7.60 Å². The quantitative estimate of drug-likeness (QED) is 0.791. The van der Waals surface area contributed by atoms with Crippen LogP contribution in [0.25, 0.3) is 6.08 Å². The van der Waals surface area contributed by atoms with Gasteiger partial charge < -0.3 is 9.42 Å². The topological polar surface area (TPSA) is 49.4 Å². The molecule has 2 aromatic rings. The number of benzene rings is 2. The molecule has 1 unspecified atom stereocenters. The molecule has 1 atom stereocenters. The van der Waals surface area contributed by atoms with Gasteiger partial charge in [0.05, 0.1) is 0 Å². The van der Waals surface area contributed by atoms with Crippen molar-refractivity contribution in [1.29, 1.82) is 0 Å². The molecule has 0 amide bonds. The Morgan fingerprint density at radius 1 is 0.944 bits per heavy atom. The van der Waals surface area contributed by atoms with Gasteiger partial charge in [0.15, 0.2) is 0 Å². The van der Waals surface area contributed by atoms with Crippen LogP contribution in [0.3, 0.4) is 0 Å². The largest absolute Gasteiger partial charge is 0.766 e. The Morgan fingerprint density at radius 3 is 2.11 bits per heavy atom. The second-order valence-electron chi connectivity index (χ2n) is 3.67. The Balaban J connectivity index is 2.08. The van der Waals surface area contributed by atoms with E-state index in [1.165, 1.54) is 6.08 Å². The Bertz CT molecular complexity index is 564. The lowest BCUT2D eigenvalue weighted by atomic mass is 10.2. The van der Waals surface area contributed by atoms with E-state index in [9.17, 15) is 9.46 Å². The Morgan fingerprint density at radius 2 is 1.50 bits per heavy atom. The van der Waals surface area contributed by atoms with E-state index in [1.54, 1.807) is 30.3 Å². The molecule has 0 aliphatic carbocycles. The minimum atomic E-state index is -4.01. The van der Waals surface area contributed by atoms with Crippen LogP contribution in [0.1, 0.15) is 5.56 Å². The second kappa shape index (κ2) is 5.67. The zero-order valence-electron chi connectivity index (χ0n) is 9.60. The molecule has 3 nitrogen and oxygen atoms in total. The van der Waals surface area contributed by atoms with Gasteiger partial charge in [-0.2, -0.15) is 0 Å². The number of hydrogen-bond acceptors (Lipinski definition) is 3. The first-order valence-corrected chi connectivity index (χ1v) is 7.07. The van der Waals surface area contributed by atoms with Crippen LogP contribution >= 0.6 is 7.60 Å². The first-order chi connectivity index (χ1) is 8.66. The van der Waals surface area contributed by atoms with Gasteiger partial charge in [0, 0.05) is 0 Å². The van der Waals surface area contributed by atoms with Gasteiger partial charge in [-0.25, -0.2) is 0 Å². The molecule has 0 aliphatic heterocycles. The summed E-state index contributed by atoms with van der Waals surface area (Å²) in [4.78, 5) is 11.7. The van der Waals surface area contributed by atoms with Crippen molar-refractivity contribution >= 4 is 13.7 Å². The van der Waals surface area contributed by atoms with Crippen molar-refractivity contribution in [2.45, 2.75) is 0 Å². The first-order valence-electron chi connectivity index (χ1n) is 5.45. The molecule has 2 rings (SSSR count). The normalized spacial score (nSPS) is 14.3. The monoisotopic (exact) mass is 259 g/mol. The van der Waals surface area contributed by atoms with Crippen LogP contribution in [0.15, 0.2) is 66.5 Å². The molecule has 2 aromatic carbocycles. The number of rotatable bonds is 4. The van der Waals surface area contributed by atoms with Crippen LogP contribution in [0.4, 0.5) is 0 Å². The maximum Gasteiger partial charge on any atom is 0.207 e. The highest BCUT2D eigenvalue weighted by Crippen LogP contribution is 2.40. The minimum absolute atomic E-state index is 0.313. The first kappa shape index (κ1) is 12.6. The number of hydrogen-bond donors (Lipinski definition) is 0. The molecule has 0 saturated carbocycles. The molecule has 4 heteroatoms. The third-order valence-electron chi connectivity index (χ3n) is 2.22. The van der Waals surface area contributed by atoms with Gasteiger partial charge >= 0.3 is 0 Å². The van der Waals surface area contributed by atoms with Crippen molar-refractivity contribution in [2.75, 3.05) is 0 Å². The van der Waals surface area contributed by atoms with Gasteiger partial charge in [-0.3, -0.25) is 4.57 Å². The molecule has 0 saturated heterocycles. The van der Waals surface area contributed by atoms with E-state index < -0.39 is 7.60 Å². The lowest BCUT2D eigenvalue weighted by Gasteiger charge is -2.20. The van der Waals surface area contributed by atoms with Gasteiger partial charge in [0.25, 0.3) is 0 Å². The molecule has 18 heavy (non-hydrogen) atoms. The molecular weight excluding hydrogens is 247 g/mol.